The zero-order chi connectivity index (χ0) is 11.4. The molecule has 6 heteroatoms. The van der Waals surface area contributed by atoms with Crippen LogP contribution in [0.25, 0.3) is 0 Å². The lowest BCUT2D eigenvalue weighted by atomic mass is 10.1. The van der Waals surface area contributed by atoms with Crippen LogP contribution in [0.3, 0.4) is 0 Å². The molecule has 0 aromatic rings. The van der Waals surface area contributed by atoms with E-state index in [-0.39, 0.29) is 36.4 Å². The van der Waals surface area contributed by atoms with Gasteiger partial charge in [0.15, 0.2) is 0 Å². The highest BCUT2D eigenvalue weighted by molar-refractivity contribution is 5.85. The average molecular weight is 265 g/mol. The first-order chi connectivity index (χ1) is 7.77. The van der Waals surface area contributed by atoms with Gasteiger partial charge in [-0.15, -0.1) is 12.4 Å². The predicted octanol–water partition coefficient (Wildman–Crippen LogP) is -0.326. The van der Waals surface area contributed by atoms with Gasteiger partial charge in [0.25, 0.3) is 0 Å². The molecular formula is C11H21ClN2O3. The van der Waals surface area contributed by atoms with Crippen LogP contribution in [0.15, 0.2) is 0 Å². The lowest BCUT2D eigenvalue weighted by molar-refractivity contribution is -0.135. The summed E-state index contributed by atoms with van der Waals surface area (Å²) in [5, 5.41) is 15.5. The molecule has 0 aliphatic carbocycles. The number of nitrogens with one attached hydrogen (secondary N) is 2. The fraction of sp³-hybridized carbons (Fsp3) is 0.909. The summed E-state index contributed by atoms with van der Waals surface area (Å²) in [6.07, 6.45) is 2.31. The van der Waals surface area contributed by atoms with Gasteiger partial charge in [-0.05, 0) is 19.3 Å². The maximum absolute atomic E-state index is 11.7. The second-order valence-corrected chi connectivity index (χ2v) is 4.59. The predicted molar refractivity (Wildman–Crippen MR) is 66.2 cm³/mol. The van der Waals surface area contributed by atoms with Gasteiger partial charge in [0.1, 0.15) is 6.10 Å². The first kappa shape index (κ1) is 14.7. The van der Waals surface area contributed by atoms with Gasteiger partial charge in [0.2, 0.25) is 5.91 Å². The Morgan fingerprint density at radius 3 is 2.82 bits per heavy atom. The van der Waals surface area contributed by atoms with E-state index in [4.69, 9.17) is 4.74 Å². The van der Waals surface area contributed by atoms with Crippen molar-refractivity contribution in [3.63, 3.8) is 0 Å². The maximum atomic E-state index is 11.7. The highest BCUT2D eigenvalue weighted by Gasteiger charge is 2.27. The summed E-state index contributed by atoms with van der Waals surface area (Å²) in [6, 6.07) is 0. The number of β-amino-alcohol motifs (C(OH)–C–C–N with tert-alkyl or cyclic N) is 1. The second kappa shape index (κ2) is 7.16. The summed E-state index contributed by atoms with van der Waals surface area (Å²) in [6.45, 7) is 2.62. The Balaban J connectivity index is 0.00000144. The fourth-order valence-electron chi connectivity index (χ4n) is 2.22. The molecule has 5 nitrogen and oxygen atoms in total. The topological polar surface area (TPSA) is 70.6 Å². The molecule has 0 bridgehead atoms. The number of aliphatic hydroxyl groups excluding tert-OH is 1. The van der Waals surface area contributed by atoms with Crippen molar-refractivity contribution >= 4 is 18.3 Å². The zero-order valence-electron chi connectivity index (χ0n) is 9.85. The first-order valence-corrected chi connectivity index (χ1v) is 6.05. The molecule has 2 aliphatic rings. The van der Waals surface area contributed by atoms with Gasteiger partial charge in [-0.25, -0.2) is 0 Å². The molecule has 1 amide bonds. The Labute approximate surface area is 108 Å². The minimum Gasteiger partial charge on any atom is -0.391 e. The molecule has 2 fully saturated rings. The third kappa shape index (κ3) is 4.10. The summed E-state index contributed by atoms with van der Waals surface area (Å²) in [7, 11) is 0. The van der Waals surface area contributed by atoms with Crippen molar-refractivity contribution < 1.29 is 14.6 Å². The third-order valence-electron chi connectivity index (χ3n) is 3.31. The van der Waals surface area contributed by atoms with Crippen LogP contribution in [0, 0.1) is 5.92 Å². The van der Waals surface area contributed by atoms with Crippen molar-refractivity contribution in [3.8, 4) is 0 Å². The van der Waals surface area contributed by atoms with Crippen molar-refractivity contribution in [2.45, 2.75) is 31.5 Å². The number of carbonyl (C=O) groups excluding carboxylic acids is 1. The Kier molecular flexibility index (Phi) is 6.19. The van der Waals surface area contributed by atoms with E-state index in [1.54, 1.807) is 0 Å². The van der Waals surface area contributed by atoms with Gasteiger partial charge in [-0.1, -0.05) is 0 Å². The quantitative estimate of drug-likeness (QED) is 0.653. The van der Waals surface area contributed by atoms with E-state index in [9.17, 15) is 9.90 Å². The molecule has 2 aliphatic heterocycles. The Morgan fingerprint density at radius 1 is 1.41 bits per heavy atom. The normalized spacial score (nSPS) is 32.9. The highest BCUT2D eigenvalue weighted by Crippen LogP contribution is 2.13. The standard InChI is InChI=1S/C11H20N2O3.ClH/c14-9-7-12-5-8(9)6-13-11(15)10-3-1-2-4-16-10;/h8-10,12,14H,1-7H2,(H,13,15);1H. The van der Waals surface area contributed by atoms with Crippen LogP contribution in [-0.4, -0.2) is 49.5 Å². The van der Waals surface area contributed by atoms with Crippen LogP contribution in [0.1, 0.15) is 19.3 Å². The molecule has 3 unspecified atom stereocenters. The van der Waals surface area contributed by atoms with Crippen LogP contribution in [0.4, 0.5) is 0 Å². The highest BCUT2D eigenvalue weighted by atomic mass is 35.5. The molecule has 2 rings (SSSR count). The molecule has 0 saturated carbocycles. The minimum absolute atomic E-state index is 0. The molecule has 3 N–H and O–H groups in total. The molecular weight excluding hydrogens is 244 g/mol. The number of aliphatic hydroxyl groups is 1. The first-order valence-electron chi connectivity index (χ1n) is 6.05. The van der Waals surface area contributed by atoms with Gasteiger partial charge < -0.3 is 20.5 Å². The van der Waals surface area contributed by atoms with E-state index in [1.165, 1.54) is 0 Å². The van der Waals surface area contributed by atoms with Gasteiger partial charge in [0, 0.05) is 32.2 Å². The second-order valence-electron chi connectivity index (χ2n) is 4.59. The summed E-state index contributed by atoms with van der Waals surface area (Å²) < 4.78 is 5.39. The number of halogens is 1. The van der Waals surface area contributed by atoms with E-state index in [2.05, 4.69) is 10.6 Å². The smallest absolute Gasteiger partial charge is 0.249 e. The van der Waals surface area contributed by atoms with E-state index < -0.39 is 0 Å². The van der Waals surface area contributed by atoms with Gasteiger partial charge in [-0.3, -0.25) is 4.79 Å². The van der Waals surface area contributed by atoms with Crippen molar-refractivity contribution in [3.05, 3.63) is 0 Å². The van der Waals surface area contributed by atoms with Crippen LogP contribution in [0.2, 0.25) is 0 Å². The van der Waals surface area contributed by atoms with Gasteiger partial charge in [0.05, 0.1) is 6.10 Å². The molecule has 0 aromatic heterocycles. The van der Waals surface area contributed by atoms with Crippen LogP contribution >= 0.6 is 12.4 Å². The molecule has 17 heavy (non-hydrogen) atoms. The molecule has 3 atom stereocenters. The van der Waals surface area contributed by atoms with E-state index >= 15 is 0 Å². The average Bonchev–Trinajstić information content (AvgIpc) is 2.73. The number of carbonyl (C=O) groups is 1. The van der Waals surface area contributed by atoms with Crippen molar-refractivity contribution in [1.82, 2.24) is 10.6 Å². The molecule has 0 spiro atoms. The molecule has 2 saturated heterocycles. The van der Waals surface area contributed by atoms with Crippen LogP contribution in [-0.2, 0) is 9.53 Å². The van der Waals surface area contributed by atoms with Crippen LogP contribution in [0.5, 0.6) is 0 Å². The van der Waals surface area contributed by atoms with E-state index in [0.717, 1.165) is 25.8 Å². The largest absolute Gasteiger partial charge is 0.391 e. The lowest BCUT2D eigenvalue weighted by Crippen LogP contribution is -2.42. The van der Waals surface area contributed by atoms with Crippen molar-refractivity contribution in [2.24, 2.45) is 5.92 Å². The van der Waals surface area contributed by atoms with E-state index in [1.807, 2.05) is 0 Å². The molecule has 0 radical (unpaired) electrons. The zero-order valence-corrected chi connectivity index (χ0v) is 10.7. The SMILES string of the molecule is Cl.O=C(NCC1CNCC1O)C1CCCCO1. The van der Waals surface area contributed by atoms with Crippen molar-refractivity contribution in [1.29, 1.82) is 0 Å². The third-order valence-corrected chi connectivity index (χ3v) is 3.31. The summed E-state index contributed by atoms with van der Waals surface area (Å²) in [4.78, 5) is 11.7. The van der Waals surface area contributed by atoms with E-state index in [0.29, 0.717) is 19.7 Å². The summed E-state index contributed by atoms with van der Waals surface area (Å²) >= 11 is 0. The number of rotatable bonds is 3. The Morgan fingerprint density at radius 2 is 2.24 bits per heavy atom. The molecule has 100 valence electrons. The maximum Gasteiger partial charge on any atom is 0.249 e. The Bertz CT molecular complexity index is 247. The van der Waals surface area contributed by atoms with Gasteiger partial charge >= 0.3 is 0 Å². The Hall–Kier alpha value is -0.360. The molecule has 0 aromatic carbocycles. The lowest BCUT2D eigenvalue weighted by Gasteiger charge is -2.23. The number of ether oxygens (including phenoxy) is 1. The number of amides is 1. The summed E-state index contributed by atoms with van der Waals surface area (Å²) in [5.74, 6) is 0.103. The number of hydrogen-bond acceptors (Lipinski definition) is 4. The molecule has 2 heterocycles. The number of hydrogen-bond donors (Lipinski definition) is 3. The van der Waals surface area contributed by atoms with Crippen molar-refractivity contribution in [2.75, 3.05) is 26.2 Å². The summed E-state index contributed by atoms with van der Waals surface area (Å²) in [5.41, 5.74) is 0. The van der Waals surface area contributed by atoms with Crippen LogP contribution < -0.4 is 10.6 Å². The van der Waals surface area contributed by atoms with Gasteiger partial charge in [-0.2, -0.15) is 0 Å². The minimum atomic E-state index is -0.340. The monoisotopic (exact) mass is 264 g/mol. The fourth-order valence-corrected chi connectivity index (χ4v) is 2.22.